The Morgan fingerprint density at radius 1 is 1.13 bits per heavy atom. The van der Waals surface area contributed by atoms with E-state index in [-0.39, 0.29) is 17.9 Å². The minimum atomic E-state index is -0.596. The molecule has 0 aliphatic carbocycles. The predicted molar refractivity (Wildman–Crippen MR) is 120 cm³/mol. The molecule has 0 atom stereocenters. The third-order valence-corrected chi connectivity index (χ3v) is 5.51. The molecule has 162 valence electrons. The van der Waals surface area contributed by atoms with E-state index in [9.17, 15) is 14.0 Å². The van der Waals surface area contributed by atoms with Crippen molar-refractivity contribution in [3.63, 3.8) is 0 Å². The third-order valence-electron chi connectivity index (χ3n) is 4.71. The van der Waals surface area contributed by atoms with Gasteiger partial charge in [0.2, 0.25) is 5.91 Å². The molecule has 31 heavy (non-hydrogen) atoms. The van der Waals surface area contributed by atoms with Gasteiger partial charge >= 0.3 is 0 Å². The molecule has 0 saturated heterocycles. The van der Waals surface area contributed by atoms with E-state index < -0.39 is 11.7 Å². The summed E-state index contributed by atoms with van der Waals surface area (Å²) in [6.45, 7) is 4.37. The summed E-state index contributed by atoms with van der Waals surface area (Å²) < 4.78 is 13.7. The van der Waals surface area contributed by atoms with Crippen molar-refractivity contribution in [2.24, 2.45) is 0 Å². The first-order chi connectivity index (χ1) is 14.9. The molecule has 2 N–H and O–H groups in total. The highest BCUT2D eigenvalue weighted by Crippen LogP contribution is 2.18. The van der Waals surface area contributed by atoms with Crippen LogP contribution in [0.1, 0.15) is 34.1 Å². The fraction of sp³-hybridized carbons (Fsp3) is 0.261. The Kier molecular flexibility index (Phi) is 7.86. The van der Waals surface area contributed by atoms with Crippen LogP contribution >= 0.6 is 11.3 Å². The van der Waals surface area contributed by atoms with Crippen molar-refractivity contribution < 1.29 is 14.0 Å². The van der Waals surface area contributed by atoms with Crippen molar-refractivity contribution in [3.05, 3.63) is 82.1 Å². The molecule has 0 bridgehead atoms. The molecule has 1 heterocycles. The maximum atomic E-state index is 13.7. The molecule has 0 saturated carbocycles. The number of benzene rings is 2. The SMILES string of the molecule is CCN(C)Cc1cccc(CNC(=O)Cc2csc(NC(=O)c3ccccc3F)n2)c1. The maximum Gasteiger partial charge on any atom is 0.260 e. The van der Waals surface area contributed by atoms with Crippen molar-refractivity contribution >= 4 is 28.3 Å². The smallest absolute Gasteiger partial charge is 0.260 e. The molecular formula is C23H25FN4O2S. The highest BCUT2D eigenvalue weighted by atomic mass is 32.1. The van der Waals surface area contributed by atoms with E-state index in [1.807, 2.05) is 12.1 Å². The zero-order valence-electron chi connectivity index (χ0n) is 17.5. The molecule has 1 aromatic heterocycles. The minimum Gasteiger partial charge on any atom is -0.352 e. The van der Waals surface area contributed by atoms with Gasteiger partial charge in [0, 0.05) is 18.5 Å². The van der Waals surface area contributed by atoms with E-state index in [0.29, 0.717) is 17.4 Å². The summed E-state index contributed by atoms with van der Waals surface area (Å²) in [4.78, 5) is 30.9. The molecule has 3 aromatic rings. The Hall–Kier alpha value is -3.10. The number of aromatic nitrogens is 1. The van der Waals surface area contributed by atoms with E-state index >= 15 is 0 Å². The van der Waals surface area contributed by atoms with Gasteiger partial charge in [-0.15, -0.1) is 11.3 Å². The molecule has 3 rings (SSSR count). The number of amides is 2. The molecule has 0 aliphatic rings. The number of carbonyl (C=O) groups is 2. The number of anilines is 1. The Balaban J connectivity index is 1.50. The van der Waals surface area contributed by atoms with Gasteiger partial charge in [0.1, 0.15) is 5.82 Å². The molecule has 8 heteroatoms. The first-order valence-electron chi connectivity index (χ1n) is 9.98. The van der Waals surface area contributed by atoms with E-state index in [1.165, 1.54) is 35.1 Å². The predicted octanol–water partition coefficient (Wildman–Crippen LogP) is 3.85. The lowest BCUT2D eigenvalue weighted by Crippen LogP contribution is -2.25. The van der Waals surface area contributed by atoms with Gasteiger partial charge in [-0.3, -0.25) is 14.9 Å². The lowest BCUT2D eigenvalue weighted by Gasteiger charge is -2.14. The van der Waals surface area contributed by atoms with Crippen LogP contribution in [0, 0.1) is 5.82 Å². The van der Waals surface area contributed by atoms with Crippen molar-refractivity contribution in [2.75, 3.05) is 18.9 Å². The largest absolute Gasteiger partial charge is 0.352 e. The summed E-state index contributed by atoms with van der Waals surface area (Å²) >= 11 is 1.19. The van der Waals surface area contributed by atoms with Crippen LogP contribution in [-0.2, 0) is 24.3 Å². The topological polar surface area (TPSA) is 74.3 Å². The fourth-order valence-corrected chi connectivity index (χ4v) is 3.65. The van der Waals surface area contributed by atoms with Crippen LogP contribution in [0.4, 0.5) is 9.52 Å². The standard InChI is InChI=1S/C23H25FN4O2S/c1-3-28(2)14-17-8-6-7-16(11-17)13-25-21(29)12-18-15-31-23(26-18)27-22(30)19-9-4-5-10-20(19)24/h4-11,15H,3,12-14H2,1-2H3,(H,25,29)(H,26,27,30). The molecule has 0 radical (unpaired) electrons. The number of rotatable bonds is 9. The summed E-state index contributed by atoms with van der Waals surface area (Å²) in [6.07, 6.45) is 0.102. The highest BCUT2D eigenvalue weighted by Gasteiger charge is 2.14. The van der Waals surface area contributed by atoms with Crippen LogP contribution in [-0.4, -0.2) is 35.3 Å². The van der Waals surface area contributed by atoms with E-state index in [4.69, 9.17) is 0 Å². The maximum absolute atomic E-state index is 13.7. The molecule has 0 spiro atoms. The lowest BCUT2D eigenvalue weighted by molar-refractivity contribution is -0.120. The van der Waals surface area contributed by atoms with E-state index in [0.717, 1.165) is 18.7 Å². The lowest BCUT2D eigenvalue weighted by atomic mass is 10.1. The van der Waals surface area contributed by atoms with Crippen LogP contribution in [0.2, 0.25) is 0 Å². The molecule has 0 aliphatic heterocycles. The summed E-state index contributed by atoms with van der Waals surface area (Å²) in [5.41, 5.74) is 2.73. The van der Waals surface area contributed by atoms with Crippen LogP contribution in [0.3, 0.4) is 0 Å². The van der Waals surface area contributed by atoms with Crippen molar-refractivity contribution in [2.45, 2.75) is 26.4 Å². The Morgan fingerprint density at radius 2 is 1.90 bits per heavy atom. The zero-order valence-corrected chi connectivity index (χ0v) is 18.3. The Morgan fingerprint density at radius 3 is 2.68 bits per heavy atom. The molecule has 2 aromatic carbocycles. The van der Waals surface area contributed by atoms with Gasteiger partial charge in [0.05, 0.1) is 17.7 Å². The summed E-state index contributed by atoms with van der Waals surface area (Å²) in [7, 11) is 2.06. The normalized spacial score (nSPS) is 10.8. The van der Waals surface area contributed by atoms with Crippen molar-refractivity contribution in [1.29, 1.82) is 0 Å². The molecule has 0 unspecified atom stereocenters. The molecular weight excluding hydrogens is 415 g/mol. The van der Waals surface area contributed by atoms with Crippen LogP contribution < -0.4 is 10.6 Å². The molecule has 6 nitrogen and oxygen atoms in total. The van der Waals surface area contributed by atoms with E-state index in [2.05, 4.69) is 46.6 Å². The number of hydrogen-bond donors (Lipinski definition) is 2. The number of halogens is 1. The van der Waals surface area contributed by atoms with Crippen molar-refractivity contribution in [1.82, 2.24) is 15.2 Å². The fourth-order valence-electron chi connectivity index (χ4n) is 2.94. The second-order valence-corrected chi connectivity index (χ2v) is 8.04. The zero-order chi connectivity index (χ0) is 22.2. The van der Waals surface area contributed by atoms with Gasteiger partial charge in [-0.2, -0.15) is 0 Å². The third kappa shape index (κ3) is 6.70. The average Bonchev–Trinajstić information content (AvgIpc) is 3.19. The number of nitrogens with one attached hydrogen (secondary N) is 2. The summed E-state index contributed by atoms with van der Waals surface area (Å²) in [5.74, 6) is -1.33. The number of carbonyl (C=O) groups excluding carboxylic acids is 2. The quantitative estimate of drug-likeness (QED) is 0.530. The Bertz CT molecular complexity index is 1050. The highest BCUT2D eigenvalue weighted by molar-refractivity contribution is 7.14. The van der Waals surface area contributed by atoms with Gasteiger partial charge in [-0.05, 0) is 36.9 Å². The Labute approximate surface area is 185 Å². The molecule has 0 fully saturated rings. The number of thiazole rings is 1. The monoisotopic (exact) mass is 440 g/mol. The van der Waals surface area contributed by atoms with Gasteiger partial charge in [0.15, 0.2) is 5.13 Å². The van der Waals surface area contributed by atoms with Crippen LogP contribution in [0.5, 0.6) is 0 Å². The average molecular weight is 441 g/mol. The second kappa shape index (κ2) is 10.8. The van der Waals surface area contributed by atoms with E-state index in [1.54, 1.807) is 11.4 Å². The molecule has 2 amide bonds. The van der Waals surface area contributed by atoms with Gasteiger partial charge in [-0.1, -0.05) is 43.3 Å². The van der Waals surface area contributed by atoms with Crippen molar-refractivity contribution in [3.8, 4) is 0 Å². The van der Waals surface area contributed by atoms with Gasteiger partial charge < -0.3 is 10.2 Å². The first-order valence-corrected chi connectivity index (χ1v) is 10.9. The van der Waals surface area contributed by atoms with Gasteiger partial charge in [-0.25, -0.2) is 9.37 Å². The summed E-state index contributed by atoms with van der Waals surface area (Å²) in [6, 6.07) is 13.9. The minimum absolute atomic E-state index is 0.0515. The second-order valence-electron chi connectivity index (χ2n) is 7.18. The number of nitrogens with zero attached hydrogens (tertiary/aromatic N) is 2. The van der Waals surface area contributed by atoms with Crippen LogP contribution in [0.15, 0.2) is 53.9 Å². The van der Waals surface area contributed by atoms with Crippen LogP contribution in [0.25, 0.3) is 0 Å². The van der Waals surface area contributed by atoms with Gasteiger partial charge in [0.25, 0.3) is 5.91 Å². The summed E-state index contributed by atoms with van der Waals surface area (Å²) in [5, 5.41) is 7.50. The number of hydrogen-bond acceptors (Lipinski definition) is 5. The first kappa shape index (κ1) is 22.6.